The number of urea groups is 1. The normalized spacial score (nSPS) is 11.7. The predicted molar refractivity (Wildman–Crippen MR) is 79.3 cm³/mol. The molecule has 1 aromatic rings. The third-order valence-electron chi connectivity index (χ3n) is 3.17. The van der Waals surface area contributed by atoms with Crippen LogP contribution in [0.2, 0.25) is 0 Å². The van der Waals surface area contributed by atoms with Crippen molar-refractivity contribution in [3.05, 3.63) is 29.8 Å². The van der Waals surface area contributed by atoms with Gasteiger partial charge in [0, 0.05) is 20.0 Å². The molecule has 0 radical (unpaired) electrons. The number of hydrogen-bond acceptors (Lipinski definition) is 3. The molecule has 1 unspecified atom stereocenters. The number of benzene rings is 1. The van der Waals surface area contributed by atoms with Crippen LogP contribution in [0.25, 0.3) is 0 Å². The standard InChI is InChI=1S/C15H22N2O4/c1-3-4-9-17(2)15(21)16-13(14(19)20)10-11-5-7-12(18)8-6-11/h5-8,13,18H,3-4,9-10H2,1-2H3,(H,16,21)(H,19,20). The molecule has 0 aromatic heterocycles. The topological polar surface area (TPSA) is 89.9 Å². The summed E-state index contributed by atoms with van der Waals surface area (Å²) in [4.78, 5) is 24.7. The Morgan fingerprint density at radius 1 is 1.29 bits per heavy atom. The van der Waals surface area contributed by atoms with Crippen LogP contribution in [0, 0.1) is 0 Å². The van der Waals surface area contributed by atoms with Crippen LogP contribution in [0.4, 0.5) is 4.79 Å². The second-order valence-electron chi connectivity index (χ2n) is 4.99. The molecule has 0 aliphatic heterocycles. The number of phenols is 1. The number of aliphatic carboxylic acids is 1. The second kappa shape index (κ2) is 8.14. The second-order valence-corrected chi connectivity index (χ2v) is 4.99. The summed E-state index contributed by atoms with van der Waals surface area (Å²) >= 11 is 0. The Morgan fingerprint density at radius 3 is 2.43 bits per heavy atom. The van der Waals surface area contributed by atoms with Gasteiger partial charge in [-0.3, -0.25) is 0 Å². The molecule has 3 N–H and O–H groups in total. The van der Waals surface area contributed by atoms with Gasteiger partial charge >= 0.3 is 12.0 Å². The van der Waals surface area contributed by atoms with Gasteiger partial charge in [-0.1, -0.05) is 25.5 Å². The summed E-state index contributed by atoms with van der Waals surface area (Å²) < 4.78 is 0. The van der Waals surface area contributed by atoms with Crippen LogP contribution < -0.4 is 5.32 Å². The molecule has 0 aliphatic rings. The van der Waals surface area contributed by atoms with Crippen molar-refractivity contribution in [1.29, 1.82) is 0 Å². The first-order chi connectivity index (χ1) is 9.93. The lowest BCUT2D eigenvalue weighted by Gasteiger charge is -2.21. The number of nitrogens with zero attached hydrogens (tertiary/aromatic N) is 1. The lowest BCUT2D eigenvalue weighted by Crippen LogP contribution is -2.47. The van der Waals surface area contributed by atoms with Crippen LogP contribution in [0.1, 0.15) is 25.3 Å². The molecule has 0 fully saturated rings. The number of phenolic OH excluding ortho intramolecular Hbond substituents is 1. The van der Waals surface area contributed by atoms with E-state index in [0.717, 1.165) is 18.4 Å². The molecule has 0 bridgehead atoms. The fourth-order valence-corrected chi connectivity index (χ4v) is 1.82. The van der Waals surface area contributed by atoms with E-state index in [1.807, 2.05) is 6.92 Å². The fraction of sp³-hybridized carbons (Fsp3) is 0.467. The summed E-state index contributed by atoms with van der Waals surface area (Å²) in [6.07, 6.45) is 2.01. The highest BCUT2D eigenvalue weighted by Crippen LogP contribution is 2.11. The smallest absolute Gasteiger partial charge is 0.326 e. The van der Waals surface area contributed by atoms with Gasteiger partial charge in [0.25, 0.3) is 0 Å². The zero-order valence-corrected chi connectivity index (χ0v) is 12.4. The number of carboxylic acid groups (broad SMARTS) is 1. The average molecular weight is 294 g/mol. The zero-order chi connectivity index (χ0) is 15.8. The maximum Gasteiger partial charge on any atom is 0.326 e. The quantitative estimate of drug-likeness (QED) is 0.715. The first kappa shape index (κ1) is 16.8. The van der Waals surface area contributed by atoms with E-state index < -0.39 is 18.0 Å². The average Bonchev–Trinajstić information content (AvgIpc) is 2.45. The van der Waals surface area contributed by atoms with E-state index in [1.165, 1.54) is 17.0 Å². The highest BCUT2D eigenvalue weighted by atomic mass is 16.4. The molecule has 21 heavy (non-hydrogen) atoms. The summed E-state index contributed by atoms with van der Waals surface area (Å²) in [6, 6.07) is 4.87. The van der Waals surface area contributed by atoms with Gasteiger partial charge in [0.15, 0.2) is 0 Å². The van der Waals surface area contributed by atoms with E-state index in [1.54, 1.807) is 19.2 Å². The van der Waals surface area contributed by atoms with Crippen molar-refractivity contribution in [1.82, 2.24) is 10.2 Å². The molecular weight excluding hydrogens is 272 g/mol. The molecule has 1 atom stereocenters. The van der Waals surface area contributed by atoms with E-state index in [2.05, 4.69) is 5.32 Å². The number of carboxylic acids is 1. The minimum absolute atomic E-state index is 0.119. The van der Waals surface area contributed by atoms with Crippen LogP contribution in [-0.4, -0.2) is 46.7 Å². The molecule has 6 nitrogen and oxygen atoms in total. The van der Waals surface area contributed by atoms with Crippen molar-refractivity contribution < 1.29 is 19.8 Å². The summed E-state index contributed by atoms with van der Waals surface area (Å²) in [5, 5.41) is 20.9. The highest BCUT2D eigenvalue weighted by molar-refractivity contribution is 5.82. The van der Waals surface area contributed by atoms with E-state index >= 15 is 0 Å². The van der Waals surface area contributed by atoms with Crippen molar-refractivity contribution in [3.8, 4) is 5.75 Å². The van der Waals surface area contributed by atoms with Crippen LogP contribution in [0.3, 0.4) is 0 Å². The van der Waals surface area contributed by atoms with Crippen LogP contribution in [0.15, 0.2) is 24.3 Å². The SMILES string of the molecule is CCCCN(C)C(=O)NC(Cc1ccc(O)cc1)C(=O)O. The van der Waals surface area contributed by atoms with Crippen molar-refractivity contribution in [2.24, 2.45) is 0 Å². The maximum atomic E-state index is 11.9. The monoisotopic (exact) mass is 294 g/mol. The van der Waals surface area contributed by atoms with E-state index in [4.69, 9.17) is 0 Å². The third kappa shape index (κ3) is 5.72. The van der Waals surface area contributed by atoms with Gasteiger partial charge in [-0.25, -0.2) is 9.59 Å². The minimum atomic E-state index is -1.08. The number of carbonyl (C=O) groups is 2. The molecule has 1 rings (SSSR count). The number of hydrogen-bond donors (Lipinski definition) is 3. The third-order valence-corrected chi connectivity index (χ3v) is 3.17. The largest absolute Gasteiger partial charge is 0.508 e. The van der Waals surface area contributed by atoms with E-state index in [9.17, 15) is 19.8 Å². The van der Waals surface area contributed by atoms with Gasteiger partial charge in [-0.2, -0.15) is 0 Å². The van der Waals surface area contributed by atoms with E-state index in [0.29, 0.717) is 6.54 Å². The summed E-state index contributed by atoms with van der Waals surface area (Å²) in [5.74, 6) is -0.964. The lowest BCUT2D eigenvalue weighted by atomic mass is 10.1. The van der Waals surface area contributed by atoms with Crippen molar-refractivity contribution in [2.45, 2.75) is 32.2 Å². The first-order valence-corrected chi connectivity index (χ1v) is 6.96. The number of unbranched alkanes of at least 4 members (excludes halogenated alkanes) is 1. The number of amides is 2. The molecule has 0 saturated heterocycles. The first-order valence-electron chi connectivity index (χ1n) is 6.96. The molecular formula is C15H22N2O4. The Bertz CT molecular complexity index is 473. The molecule has 2 amide bonds. The zero-order valence-electron chi connectivity index (χ0n) is 12.4. The van der Waals surface area contributed by atoms with Gasteiger partial charge in [0.2, 0.25) is 0 Å². The Hall–Kier alpha value is -2.24. The molecule has 116 valence electrons. The summed E-state index contributed by atoms with van der Waals surface area (Å²) in [6.45, 7) is 2.62. The number of rotatable bonds is 7. The molecule has 0 heterocycles. The fourth-order valence-electron chi connectivity index (χ4n) is 1.82. The molecule has 1 aromatic carbocycles. The van der Waals surface area contributed by atoms with Gasteiger partial charge < -0.3 is 20.4 Å². The van der Waals surface area contributed by atoms with Crippen molar-refractivity contribution in [2.75, 3.05) is 13.6 Å². The summed E-state index contributed by atoms with van der Waals surface area (Å²) in [5.41, 5.74) is 0.733. The Labute approximate surface area is 124 Å². The number of aromatic hydroxyl groups is 1. The maximum absolute atomic E-state index is 11.9. The van der Waals surface area contributed by atoms with Crippen molar-refractivity contribution in [3.63, 3.8) is 0 Å². The van der Waals surface area contributed by atoms with Crippen LogP contribution in [0.5, 0.6) is 5.75 Å². The lowest BCUT2D eigenvalue weighted by molar-refractivity contribution is -0.139. The minimum Gasteiger partial charge on any atom is -0.508 e. The highest BCUT2D eigenvalue weighted by Gasteiger charge is 2.21. The Kier molecular flexibility index (Phi) is 6.52. The summed E-state index contributed by atoms with van der Waals surface area (Å²) in [7, 11) is 1.64. The van der Waals surface area contributed by atoms with Gasteiger partial charge in [0.1, 0.15) is 11.8 Å². The van der Waals surface area contributed by atoms with Crippen LogP contribution in [-0.2, 0) is 11.2 Å². The van der Waals surface area contributed by atoms with Gasteiger partial charge in [-0.05, 0) is 24.1 Å². The van der Waals surface area contributed by atoms with Gasteiger partial charge in [-0.15, -0.1) is 0 Å². The van der Waals surface area contributed by atoms with Crippen molar-refractivity contribution >= 4 is 12.0 Å². The van der Waals surface area contributed by atoms with Gasteiger partial charge in [0.05, 0.1) is 0 Å². The van der Waals surface area contributed by atoms with Crippen LogP contribution >= 0.6 is 0 Å². The Morgan fingerprint density at radius 2 is 1.90 bits per heavy atom. The Balaban J connectivity index is 2.63. The molecule has 0 aliphatic carbocycles. The predicted octanol–water partition coefficient (Wildman–Crippen LogP) is 1.83. The molecule has 6 heteroatoms. The molecule has 0 spiro atoms. The van der Waals surface area contributed by atoms with E-state index in [-0.39, 0.29) is 12.2 Å². The number of carbonyl (C=O) groups excluding carboxylic acids is 1. The number of nitrogens with one attached hydrogen (secondary N) is 1. The molecule has 0 saturated carbocycles.